The molecule has 0 unspecified atom stereocenters. The predicted octanol–water partition coefficient (Wildman–Crippen LogP) is 6.00. The quantitative estimate of drug-likeness (QED) is 0.305. The summed E-state index contributed by atoms with van der Waals surface area (Å²) in [5.41, 5.74) is 1.96. The fraction of sp³-hybridized carbons (Fsp3) is 1.00. The molecule has 112 valence electrons. The highest BCUT2D eigenvalue weighted by atomic mass is 127. The maximum Gasteiger partial charge on any atom is 0.208 e. The molecular weight excluding hydrogens is 363 g/mol. The maximum atomic E-state index is 6.74. The molecule has 2 rings (SSSR count). The zero-order valence-corrected chi connectivity index (χ0v) is 15.8. The van der Waals surface area contributed by atoms with Crippen LogP contribution in [-0.4, -0.2) is 19.0 Å². The topological polar surface area (TPSA) is 9.23 Å². The van der Waals surface area contributed by atoms with E-state index in [9.17, 15) is 0 Å². The van der Waals surface area contributed by atoms with Crippen LogP contribution in [0.25, 0.3) is 0 Å². The standard InChI is InChI=1S/C16H31IOSi/c1-2-13-18-19(14-17,15-9-5-3-6-10-15)16-11-7-4-8-12-16/h15-16H,2-14H2,1H3. The highest BCUT2D eigenvalue weighted by Gasteiger charge is 2.48. The SMILES string of the molecule is CCCO[Si](CI)(C1CCCCC1)C1CCCCC1. The van der Waals surface area contributed by atoms with Crippen LogP contribution < -0.4 is 0 Å². The molecule has 0 heterocycles. The van der Waals surface area contributed by atoms with Crippen molar-refractivity contribution in [3.63, 3.8) is 0 Å². The summed E-state index contributed by atoms with van der Waals surface area (Å²) in [6, 6.07) is 0. The van der Waals surface area contributed by atoms with Crippen molar-refractivity contribution in [2.45, 2.75) is 88.6 Å². The van der Waals surface area contributed by atoms with Gasteiger partial charge >= 0.3 is 0 Å². The smallest absolute Gasteiger partial charge is 0.208 e. The van der Waals surface area contributed by atoms with Gasteiger partial charge in [0, 0.05) is 10.7 Å². The van der Waals surface area contributed by atoms with E-state index >= 15 is 0 Å². The van der Waals surface area contributed by atoms with Gasteiger partial charge in [-0.2, -0.15) is 0 Å². The van der Waals surface area contributed by atoms with E-state index in [0.29, 0.717) is 0 Å². The van der Waals surface area contributed by atoms with Gasteiger partial charge in [0.2, 0.25) is 8.32 Å². The van der Waals surface area contributed by atoms with Gasteiger partial charge in [0.05, 0.1) is 0 Å². The molecule has 2 fully saturated rings. The Labute approximate surface area is 134 Å². The normalized spacial score (nSPS) is 23.7. The molecule has 0 spiro atoms. The molecule has 2 aliphatic rings. The predicted molar refractivity (Wildman–Crippen MR) is 94.6 cm³/mol. The van der Waals surface area contributed by atoms with Crippen LogP contribution in [0.5, 0.6) is 0 Å². The minimum absolute atomic E-state index is 0.979. The highest BCUT2D eigenvalue weighted by molar-refractivity contribution is 14.1. The summed E-state index contributed by atoms with van der Waals surface area (Å²) in [4.78, 5) is 0. The molecule has 19 heavy (non-hydrogen) atoms. The second-order valence-corrected chi connectivity index (χ2v) is 13.0. The van der Waals surface area contributed by atoms with E-state index < -0.39 is 8.32 Å². The Morgan fingerprint density at radius 3 is 1.74 bits per heavy atom. The number of halogens is 1. The van der Waals surface area contributed by atoms with Gasteiger partial charge in [0.1, 0.15) is 0 Å². The fourth-order valence-corrected chi connectivity index (χ4v) is 13.7. The Morgan fingerprint density at radius 1 is 0.895 bits per heavy atom. The lowest BCUT2D eigenvalue weighted by molar-refractivity contribution is 0.262. The van der Waals surface area contributed by atoms with E-state index in [1.807, 2.05) is 0 Å². The van der Waals surface area contributed by atoms with E-state index in [1.165, 1.54) is 74.7 Å². The molecule has 0 N–H and O–H groups in total. The van der Waals surface area contributed by atoms with Crippen LogP contribution in [0.3, 0.4) is 0 Å². The van der Waals surface area contributed by atoms with Crippen LogP contribution >= 0.6 is 22.6 Å². The third-order valence-corrected chi connectivity index (χ3v) is 14.0. The largest absolute Gasteiger partial charge is 0.415 e. The van der Waals surface area contributed by atoms with Crippen molar-refractivity contribution in [1.82, 2.24) is 0 Å². The van der Waals surface area contributed by atoms with Crippen molar-refractivity contribution in [1.29, 1.82) is 0 Å². The van der Waals surface area contributed by atoms with E-state index in [1.54, 1.807) is 0 Å². The Balaban J connectivity index is 2.12. The zero-order chi connectivity index (χ0) is 13.6. The number of rotatable bonds is 6. The Kier molecular flexibility index (Phi) is 7.18. The molecule has 0 amide bonds. The van der Waals surface area contributed by atoms with Crippen molar-refractivity contribution in [2.75, 3.05) is 10.7 Å². The van der Waals surface area contributed by atoms with E-state index in [-0.39, 0.29) is 0 Å². The third-order valence-electron chi connectivity index (χ3n) is 5.38. The van der Waals surface area contributed by atoms with Crippen LogP contribution in [0.15, 0.2) is 0 Å². The number of alkyl halides is 1. The Hall–Kier alpha value is 0.907. The molecule has 0 aromatic carbocycles. The van der Waals surface area contributed by atoms with E-state index in [0.717, 1.165) is 17.7 Å². The Bertz CT molecular complexity index is 229. The molecule has 0 bridgehead atoms. The zero-order valence-electron chi connectivity index (χ0n) is 12.6. The summed E-state index contributed by atoms with van der Waals surface area (Å²) >= 11 is 2.68. The molecule has 0 atom stereocenters. The number of hydrogen-bond acceptors (Lipinski definition) is 1. The van der Waals surface area contributed by atoms with Gasteiger partial charge in [-0.1, -0.05) is 93.7 Å². The molecule has 0 radical (unpaired) electrons. The fourth-order valence-electron chi connectivity index (χ4n) is 4.30. The summed E-state index contributed by atoms with van der Waals surface area (Å²) in [6.45, 7) is 3.30. The summed E-state index contributed by atoms with van der Waals surface area (Å²) < 4.78 is 8.09. The first kappa shape index (κ1) is 16.3. The average molecular weight is 394 g/mol. The number of hydrogen-bond donors (Lipinski definition) is 0. The summed E-state index contributed by atoms with van der Waals surface area (Å²) in [7, 11) is -1.50. The molecule has 0 aliphatic heterocycles. The molecule has 3 heteroatoms. The van der Waals surface area contributed by atoms with E-state index in [2.05, 4.69) is 29.5 Å². The average Bonchev–Trinajstić information content (AvgIpc) is 2.51. The maximum absolute atomic E-state index is 6.74. The summed E-state index contributed by atoms with van der Waals surface area (Å²) in [5, 5.41) is 0. The van der Waals surface area contributed by atoms with Gasteiger partial charge in [0.15, 0.2) is 0 Å². The van der Waals surface area contributed by atoms with Crippen LogP contribution in [0.2, 0.25) is 11.1 Å². The van der Waals surface area contributed by atoms with Crippen LogP contribution in [0.4, 0.5) is 0 Å². The molecule has 1 nitrogen and oxygen atoms in total. The van der Waals surface area contributed by atoms with Crippen molar-refractivity contribution >= 4 is 30.9 Å². The summed E-state index contributed by atoms with van der Waals surface area (Å²) in [5.74, 6) is 0. The van der Waals surface area contributed by atoms with Crippen LogP contribution in [0, 0.1) is 0 Å². The van der Waals surface area contributed by atoms with Crippen molar-refractivity contribution in [3.05, 3.63) is 0 Å². The molecule has 0 aromatic rings. The molecule has 2 saturated carbocycles. The van der Waals surface area contributed by atoms with Crippen molar-refractivity contribution in [2.24, 2.45) is 0 Å². The second kappa shape index (κ2) is 8.37. The molecular formula is C16H31IOSi. The second-order valence-electron chi connectivity index (χ2n) is 6.61. The Morgan fingerprint density at radius 2 is 1.37 bits per heavy atom. The monoisotopic (exact) mass is 394 g/mol. The summed E-state index contributed by atoms with van der Waals surface area (Å²) in [6.07, 6.45) is 16.0. The van der Waals surface area contributed by atoms with Crippen molar-refractivity contribution in [3.8, 4) is 0 Å². The van der Waals surface area contributed by atoms with Crippen molar-refractivity contribution < 1.29 is 4.43 Å². The lowest BCUT2D eigenvalue weighted by Crippen LogP contribution is -2.51. The minimum Gasteiger partial charge on any atom is -0.415 e. The molecule has 0 aromatic heterocycles. The first-order valence-corrected chi connectivity index (χ1v) is 12.3. The van der Waals surface area contributed by atoms with Gasteiger partial charge in [-0.25, -0.2) is 0 Å². The van der Waals surface area contributed by atoms with E-state index in [4.69, 9.17) is 4.43 Å². The highest BCUT2D eigenvalue weighted by Crippen LogP contribution is 2.49. The van der Waals surface area contributed by atoms with Crippen LogP contribution in [0.1, 0.15) is 77.6 Å². The third kappa shape index (κ3) is 3.97. The lowest BCUT2D eigenvalue weighted by atomic mass is 9.99. The molecule has 2 aliphatic carbocycles. The lowest BCUT2D eigenvalue weighted by Gasteiger charge is -2.46. The van der Waals surface area contributed by atoms with Gasteiger partial charge in [-0.15, -0.1) is 0 Å². The van der Waals surface area contributed by atoms with Gasteiger partial charge in [0.25, 0.3) is 0 Å². The van der Waals surface area contributed by atoms with Gasteiger partial charge in [-0.3, -0.25) is 0 Å². The minimum atomic E-state index is -1.50. The molecule has 0 saturated heterocycles. The van der Waals surface area contributed by atoms with Gasteiger partial charge < -0.3 is 4.43 Å². The van der Waals surface area contributed by atoms with Crippen LogP contribution in [-0.2, 0) is 4.43 Å². The first-order valence-electron chi connectivity index (χ1n) is 8.53. The van der Waals surface area contributed by atoms with Gasteiger partial charge in [-0.05, 0) is 17.5 Å². The first-order chi connectivity index (χ1) is 9.33.